The lowest BCUT2D eigenvalue weighted by molar-refractivity contribution is 0.266. The molecule has 0 heterocycles. The summed E-state index contributed by atoms with van der Waals surface area (Å²) in [7, 11) is 4.20. The van der Waals surface area contributed by atoms with E-state index in [-0.39, 0.29) is 22.9 Å². The van der Waals surface area contributed by atoms with Gasteiger partial charge >= 0.3 is 0 Å². The second-order valence-corrected chi connectivity index (χ2v) is 14.2. The lowest BCUT2D eigenvalue weighted by Gasteiger charge is -2.25. The third-order valence-electron chi connectivity index (χ3n) is 7.15. The predicted octanol–water partition coefficient (Wildman–Crippen LogP) is 7.30. The Bertz CT molecular complexity index is 1110. The zero-order valence-corrected chi connectivity index (χ0v) is 27.8. The molecule has 0 spiro atoms. The van der Waals surface area contributed by atoms with Gasteiger partial charge in [0.15, 0.2) is 0 Å². The molecule has 0 saturated carbocycles. The van der Waals surface area contributed by atoms with Gasteiger partial charge in [-0.15, -0.1) is 0 Å². The molecule has 2 N–H and O–H groups in total. The summed E-state index contributed by atoms with van der Waals surface area (Å²) < 4.78 is 0. The SMILES string of the molecule is CC(C)N=Cc1cc(C(C)(C)C)cc(CN(C)CCCN(C)Cc2cc(C(C)(C)C)cc(C=NC(C)C)c2O)c1O. The number of phenols is 2. The normalized spacial score (nSPS) is 13.3. The van der Waals surface area contributed by atoms with E-state index in [2.05, 4.69) is 99.7 Å². The first-order chi connectivity index (χ1) is 18.9. The molecule has 0 aromatic heterocycles. The fourth-order valence-electron chi connectivity index (χ4n) is 4.55. The summed E-state index contributed by atoms with van der Waals surface area (Å²) in [6.45, 7) is 24.4. The van der Waals surface area contributed by atoms with Crippen LogP contribution in [0, 0.1) is 0 Å². The Morgan fingerprint density at radius 3 is 1.29 bits per heavy atom. The van der Waals surface area contributed by atoms with Crippen LogP contribution in [0.5, 0.6) is 11.5 Å². The van der Waals surface area contributed by atoms with Crippen LogP contribution in [0.2, 0.25) is 0 Å². The zero-order valence-electron chi connectivity index (χ0n) is 27.8. The molecule has 0 saturated heterocycles. The van der Waals surface area contributed by atoms with Gasteiger partial charge in [0, 0.05) is 59.9 Å². The van der Waals surface area contributed by atoms with E-state index in [4.69, 9.17) is 0 Å². The molecule has 0 atom stereocenters. The number of hydrogen-bond acceptors (Lipinski definition) is 6. The Kier molecular flexibility index (Phi) is 12.2. The van der Waals surface area contributed by atoms with Crippen LogP contribution in [0.15, 0.2) is 34.3 Å². The van der Waals surface area contributed by atoms with Crippen LogP contribution in [0.1, 0.15) is 109 Å². The summed E-state index contributed by atoms with van der Waals surface area (Å²) in [5, 5.41) is 22.1. The summed E-state index contributed by atoms with van der Waals surface area (Å²) in [6, 6.07) is 8.74. The van der Waals surface area contributed by atoms with Gasteiger partial charge in [0.2, 0.25) is 0 Å². The molecule has 0 amide bonds. The minimum absolute atomic E-state index is 0.0273. The van der Waals surface area contributed by atoms with Crippen molar-refractivity contribution in [2.75, 3.05) is 27.2 Å². The number of aliphatic imine (C=N–C) groups is 2. The first-order valence-electron chi connectivity index (χ1n) is 15.0. The molecule has 0 bridgehead atoms. The molecule has 2 aromatic rings. The predicted molar refractivity (Wildman–Crippen MR) is 176 cm³/mol. The van der Waals surface area contributed by atoms with Crippen molar-refractivity contribution in [2.24, 2.45) is 9.98 Å². The van der Waals surface area contributed by atoms with E-state index in [1.165, 1.54) is 11.1 Å². The van der Waals surface area contributed by atoms with E-state index >= 15 is 0 Å². The van der Waals surface area contributed by atoms with Crippen molar-refractivity contribution in [2.45, 2.75) is 112 Å². The number of hydrogen-bond donors (Lipinski definition) is 2. The minimum Gasteiger partial charge on any atom is -0.507 e. The first kappa shape index (κ1) is 34.5. The van der Waals surface area contributed by atoms with Crippen LogP contribution in [0.25, 0.3) is 0 Å². The second-order valence-electron chi connectivity index (χ2n) is 14.2. The van der Waals surface area contributed by atoms with Crippen molar-refractivity contribution >= 4 is 12.4 Å². The van der Waals surface area contributed by atoms with Crippen molar-refractivity contribution < 1.29 is 10.2 Å². The molecule has 2 rings (SSSR count). The fourth-order valence-corrected chi connectivity index (χ4v) is 4.55. The molecular weight excluding hydrogens is 508 g/mol. The average Bonchev–Trinajstić information content (AvgIpc) is 2.83. The Balaban J connectivity index is 2.12. The smallest absolute Gasteiger partial charge is 0.128 e. The molecule has 6 heteroatoms. The highest BCUT2D eigenvalue weighted by Gasteiger charge is 2.20. The number of aromatic hydroxyl groups is 2. The fraction of sp³-hybridized carbons (Fsp3) is 0.600. The van der Waals surface area contributed by atoms with Gasteiger partial charge in [-0.25, -0.2) is 0 Å². The van der Waals surface area contributed by atoms with Crippen molar-refractivity contribution in [3.05, 3.63) is 57.6 Å². The van der Waals surface area contributed by atoms with Gasteiger partial charge in [0.25, 0.3) is 0 Å². The van der Waals surface area contributed by atoms with E-state index in [1.807, 2.05) is 27.7 Å². The van der Waals surface area contributed by atoms with Crippen LogP contribution in [0.3, 0.4) is 0 Å². The van der Waals surface area contributed by atoms with Crippen LogP contribution in [0.4, 0.5) is 0 Å². The number of benzene rings is 2. The largest absolute Gasteiger partial charge is 0.507 e. The van der Waals surface area contributed by atoms with Crippen molar-refractivity contribution in [3.63, 3.8) is 0 Å². The maximum absolute atomic E-state index is 11.1. The summed E-state index contributed by atoms with van der Waals surface area (Å²) in [5.41, 5.74) is 5.75. The quantitative estimate of drug-likeness (QED) is 0.265. The number of nitrogens with zero attached hydrogens (tertiary/aromatic N) is 4. The van der Waals surface area contributed by atoms with E-state index < -0.39 is 0 Å². The Labute approximate surface area is 250 Å². The Hall–Kier alpha value is -2.70. The number of rotatable bonds is 12. The summed E-state index contributed by atoms with van der Waals surface area (Å²) in [6.07, 6.45) is 4.57. The zero-order chi connectivity index (χ0) is 31.1. The van der Waals surface area contributed by atoms with Gasteiger partial charge in [0.05, 0.1) is 0 Å². The van der Waals surface area contributed by atoms with E-state index in [0.29, 0.717) is 24.6 Å². The topological polar surface area (TPSA) is 71.7 Å². The van der Waals surface area contributed by atoms with Crippen molar-refractivity contribution in [3.8, 4) is 11.5 Å². The first-order valence-corrected chi connectivity index (χ1v) is 15.0. The summed E-state index contributed by atoms with van der Waals surface area (Å²) in [5.74, 6) is 0.634. The van der Waals surface area contributed by atoms with Crippen LogP contribution < -0.4 is 0 Å². The lowest BCUT2D eigenvalue weighted by atomic mass is 9.84. The molecule has 228 valence electrons. The monoisotopic (exact) mass is 564 g/mol. The third kappa shape index (κ3) is 10.9. The van der Waals surface area contributed by atoms with Gasteiger partial charge in [-0.05, 0) is 95.4 Å². The molecule has 0 aliphatic carbocycles. The maximum atomic E-state index is 11.1. The highest BCUT2D eigenvalue weighted by Crippen LogP contribution is 2.32. The van der Waals surface area contributed by atoms with E-state index in [1.54, 1.807) is 12.4 Å². The molecule has 0 fully saturated rings. The minimum atomic E-state index is -0.0273. The molecular formula is C35H56N4O2. The van der Waals surface area contributed by atoms with Crippen molar-refractivity contribution in [1.29, 1.82) is 0 Å². The highest BCUT2D eigenvalue weighted by atomic mass is 16.3. The Morgan fingerprint density at radius 2 is 1.00 bits per heavy atom. The van der Waals surface area contributed by atoms with E-state index in [0.717, 1.165) is 41.8 Å². The molecule has 41 heavy (non-hydrogen) atoms. The molecule has 0 unspecified atom stereocenters. The van der Waals surface area contributed by atoms with E-state index in [9.17, 15) is 10.2 Å². The van der Waals surface area contributed by atoms with Crippen LogP contribution in [-0.4, -0.2) is 71.7 Å². The average molecular weight is 565 g/mol. The lowest BCUT2D eigenvalue weighted by Crippen LogP contribution is -2.26. The molecule has 0 radical (unpaired) electrons. The van der Waals surface area contributed by atoms with Crippen molar-refractivity contribution in [1.82, 2.24) is 9.80 Å². The standard InChI is InChI=1S/C35H56N4O2/c1-24(2)36-20-26-16-30(34(5,6)7)18-28(32(26)40)22-38(11)14-13-15-39(12)23-29-19-31(35(8,9)10)17-27(33(29)41)21-37-25(3)4/h16-21,24-25,40-41H,13-15,22-23H2,1-12H3. The summed E-state index contributed by atoms with van der Waals surface area (Å²) >= 11 is 0. The van der Waals surface area contributed by atoms with Gasteiger partial charge in [-0.1, -0.05) is 53.7 Å². The van der Waals surface area contributed by atoms with Gasteiger partial charge in [-0.3, -0.25) is 9.98 Å². The highest BCUT2D eigenvalue weighted by molar-refractivity contribution is 5.85. The second kappa shape index (κ2) is 14.5. The Morgan fingerprint density at radius 1 is 0.659 bits per heavy atom. The maximum Gasteiger partial charge on any atom is 0.128 e. The molecule has 0 aliphatic rings. The molecule has 0 aliphatic heterocycles. The third-order valence-corrected chi connectivity index (χ3v) is 7.15. The molecule has 6 nitrogen and oxygen atoms in total. The van der Waals surface area contributed by atoms with Gasteiger partial charge in [0.1, 0.15) is 11.5 Å². The molecule has 2 aromatic carbocycles. The van der Waals surface area contributed by atoms with Crippen LogP contribution >= 0.6 is 0 Å². The van der Waals surface area contributed by atoms with Crippen LogP contribution in [-0.2, 0) is 23.9 Å². The summed E-state index contributed by atoms with van der Waals surface area (Å²) in [4.78, 5) is 13.6. The van der Waals surface area contributed by atoms with Gasteiger partial charge < -0.3 is 20.0 Å². The number of phenolic OH excluding ortho intramolecular Hbond substituents is 2. The van der Waals surface area contributed by atoms with Gasteiger partial charge in [-0.2, -0.15) is 0 Å².